The van der Waals surface area contributed by atoms with Gasteiger partial charge in [-0.1, -0.05) is 36.4 Å². The minimum absolute atomic E-state index is 0.0139. The van der Waals surface area contributed by atoms with Crippen molar-refractivity contribution in [2.75, 3.05) is 27.3 Å². The number of likely N-dealkylation sites (N-methyl/N-ethyl adjacent to an activating group) is 1. The fourth-order valence-corrected chi connectivity index (χ4v) is 12.5. The molecule has 4 aromatic heterocycles. The molecule has 4 saturated heterocycles. The normalized spacial score (nSPS) is 31.9. The predicted molar refractivity (Wildman–Crippen MR) is 285 cm³/mol. The molecular weight excluding hydrogens is 1110 g/mol. The number of imidazole rings is 1. The number of aliphatic hydroxyl groups is 2. The number of ether oxygens (including phenoxy) is 5. The Balaban J connectivity index is 0.894. The number of nitrogens with zero attached hydrogens (tertiary/aromatic N) is 11. The van der Waals surface area contributed by atoms with Crippen molar-refractivity contribution < 1.29 is 53.1 Å². The van der Waals surface area contributed by atoms with Gasteiger partial charge in [-0.15, -0.1) is 10.2 Å². The number of aryl methyl sites for hydroxylation is 1. The number of benzene rings is 1. The van der Waals surface area contributed by atoms with Gasteiger partial charge in [0.25, 0.3) is 0 Å². The standard InChI is InChI=1S/C54H70IN11O11/c1-31-24-53(5,73-8)48(75-50-46(70)42(23-32(2)74-50)62(7)21-17-37-28-65(61-59-37)39-15-13-35(14-16-39)26-64-27-38(18-22-67)58-60-64)33(3)45(69)34(4)49(71)76-51(55)54(6)47-43(44(31)68)41(66(47)52(72)77-54)12-10-20-63-29-40(57-30-63)36-11-9-19-56-25-36/h9,11,13-16,19,25,27-34,41-43,46-48,50-51,67,70H,10,12,17-18,20-24,26H2,1-8H3/t31-,32-,33+,34-,41?,42+,43+,46-,47-,48-,50+,51+,53-,54+/m1/s1. The molecule has 22 nitrogen and oxygen atoms in total. The molecule has 1 unspecified atom stereocenters. The molecule has 0 aliphatic carbocycles. The zero-order chi connectivity index (χ0) is 54.9. The summed E-state index contributed by atoms with van der Waals surface area (Å²) in [5.74, 6) is -5.11. The van der Waals surface area contributed by atoms with Gasteiger partial charge in [0.2, 0.25) is 0 Å². The van der Waals surface area contributed by atoms with Crippen LogP contribution in [-0.4, -0.2) is 174 Å². The van der Waals surface area contributed by atoms with Crippen LogP contribution in [0.1, 0.15) is 84.2 Å². The molecule has 4 aliphatic heterocycles. The third-order valence-electron chi connectivity index (χ3n) is 16.2. The Morgan fingerprint density at radius 2 is 1.71 bits per heavy atom. The van der Waals surface area contributed by atoms with Crippen LogP contribution >= 0.6 is 22.6 Å². The monoisotopic (exact) mass is 1180 g/mol. The number of aliphatic hydroxyl groups excluding tert-OH is 2. The van der Waals surface area contributed by atoms with Gasteiger partial charge in [-0.25, -0.2) is 19.1 Å². The molecule has 5 aromatic rings. The highest BCUT2D eigenvalue weighted by atomic mass is 127. The first-order valence-corrected chi connectivity index (χ1v) is 27.7. The zero-order valence-electron chi connectivity index (χ0n) is 44.8. The number of cyclic esters (lactones) is 1. The Morgan fingerprint density at radius 1 is 0.961 bits per heavy atom. The summed E-state index contributed by atoms with van der Waals surface area (Å²) in [5, 5.41) is 38.4. The lowest BCUT2D eigenvalue weighted by atomic mass is 9.66. The molecule has 1 aromatic carbocycles. The molecule has 4 aliphatic rings. The number of pyridine rings is 1. The van der Waals surface area contributed by atoms with Crippen LogP contribution in [0, 0.1) is 23.7 Å². The van der Waals surface area contributed by atoms with Gasteiger partial charge in [0, 0.05) is 93.9 Å². The topological polar surface area (TPSA) is 253 Å². The summed E-state index contributed by atoms with van der Waals surface area (Å²) in [6, 6.07) is 9.98. The van der Waals surface area contributed by atoms with E-state index in [4.69, 9.17) is 23.7 Å². The molecule has 14 atom stereocenters. The fourth-order valence-electron chi connectivity index (χ4n) is 11.7. The molecule has 414 valence electrons. The van der Waals surface area contributed by atoms with Gasteiger partial charge in [0.15, 0.2) is 21.8 Å². The first-order chi connectivity index (χ1) is 36.8. The highest BCUT2D eigenvalue weighted by Gasteiger charge is 2.70. The van der Waals surface area contributed by atoms with Crippen LogP contribution in [0.2, 0.25) is 0 Å². The molecule has 0 spiro atoms. The van der Waals surface area contributed by atoms with Crippen LogP contribution in [0.3, 0.4) is 0 Å². The van der Waals surface area contributed by atoms with E-state index in [9.17, 15) is 24.6 Å². The molecule has 23 heteroatoms. The van der Waals surface area contributed by atoms with E-state index in [1.54, 1.807) is 53.8 Å². The van der Waals surface area contributed by atoms with Crippen molar-refractivity contribution in [2.45, 2.75) is 151 Å². The first-order valence-electron chi connectivity index (χ1n) is 26.4. The van der Waals surface area contributed by atoms with Crippen molar-refractivity contribution in [1.82, 2.24) is 54.3 Å². The largest absolute Gasteiger partial charge is 0.447 e. The molecule has 4 fully saturated rings. The number of esters is 1. The van der Waals surface area contributed by atoms with Gasteiger partial charge in [-0.2, -0.15) is 0 Å². The maximum absolute atomic E-state index is 15.2. The van der Waals surface area contributed by atoms with E-state index in [-0.39, 0.29) is 24.9 Å². The van der Waals surface area contributed by atoms with Crippen molar-refractivity contribution in [3.8, 4) is 16.9 Å². The average molecular weight is 1180 g/mol. The molecule has 2 N–H and O–H groups in total. The third-order valence-corrected chi connectivity index (χ3v) is 17.7. The van der Waals surface area contributed by atoms with Gasteiger partial charge in [-0.05, 0) is 113 Å². The van der Waals surface area contributed by atoms with Crippen LogP contribution < -0.4 is 0 Å². The number of methoxy groups -OCH3 is 1. The summed E-state index contributed by atoms with van der Waals surface area (Å²) in [6.45, 7) is 11.9. The number of rotatable bonds is 17. The second-order valence-electron chi connectivity index (χ2n) is 21.7. The third kappa shape index (κ3) is 11.6. The van der Waals surface area contributed by atoms with Gasteiger partial charge in [0.1, 0.15) is 17.8 Å². The Kier molecular flexibility index (Phi) is 17.1. The van der Waals surface area contributed by atoms with E-state index in [0.717, 1.165) is 33.9 Å². The van der Waals surface area contributed by atoms with E-state index < -0.39 is 93.5 Å². The molecule has 0 bridgehead atoms. The number of hydrogen-bond acceptors (Lipinski definition) is 18. The van der Waals surface area contributed by atoms with Gasteiger partial charge >= 0.3 is 12.1 Å². The Labute approximate surface area is 461 Å². The van der Waals surface area contributed by atoms with Crippen molar-refractivity contribution in [3.05, 3.63) is 90.7 Å². The number of carbonyl (C=O) groups is 4. The zero-order valence-corrected chi connectivity index (χ0v) is 47.0. The van der Waals surface area contributed by atoms with E-state index in [0.29, 0.717) is 51.7 Å². The number of ketones is 2. The number of hydrogen-bond donors (Lipinski definition) is 2. The van der Waals surface area contributed by atoms with Gasteiger partial charge in [0.05, 0.1) is 71.6 Å². The highest BCUT2D eigenvalue weighted by molar-refractivity contribution is 14.1. The van der Waals surface area contributed by atoms with Crippen LogP contribution in [0.15, 0.2) is 73.7 Å². The number of halogens is 1. The van der Waals surface area contributed by atoms with Crippen LogP contribution in [-0.2, 0) is 64.0 Å². The molecule has 1 amide bonds. The maximum Gasteiger partial charge on any atom is 0.411 e. The molecular formula is C54H70IN11O11. The highest BCUT2D eigenvalue weighted by Crippen LogP contribution is 2.53. The summed E-state index contributed by atoms with van der Waals surface area (Å²) in [5.41, 5.74) is 2.25. The number of carbonyl (C=O) groups excluding carboxylic acids is 4. The first kappa shape index (κ1) is 56.2. The Morgan fingerprint density at radius 3 is 2.44 bits per heavy atom. The SMILES string of the molecule is CO[C@]1(C)C[C@@H](C)C(=O)[C@@H]2C(CCCn3cnc(-c4cccnc4)c3)N3C(=O)O[C@](C)([C@@H](I)OC(=O)[C@H](C)C(=O)[C@H](C)[C@H]1O[C@@H]1O[C@H](C)C[C@H](N(C)CCc4cn(-c5ccc(Cn6cc(CCO)nn6)cc5)nn4)[C@H]1O)[C@@H]23. The quantitative estimate of drug-likeness (QED) is 0.0557. The number of amides is 1. The summed E-state index contributed by atoms with van der Waals surface area (Å²) in [6.07, 6.45) is 8.96. The number of Topliss-reactive ketones (excluding diaryl/α,β-unsaturated/α-hetero) is 2. The van der Waals surface area contributed by atoms with E-state index in [1.165, 1.54) is 14.0 Å². The van der Waals surface area contributed by atoms with E-state index in [1.807, 2.05) is 108 Å². The van der Waals surface area contributed by atoms with Crippen molar-refractivity contribution in [1.29, 1.82) is 0 Å². The van der Waals surface area contributed by atoms with Gasteiger partial charge in [-0.3, -0.25) is 24.3 Å². The number of alkyl halides is 1. The van der Waals surface area contributed by atoms with E-state index >= 15 is 4.79 Å². The molecule has 9 rings (SSSR count). The summed E-state index contributed by atoms with van der Waals surface area (Å²) >= 11 is 1.93. The van der Waals surface area contributed by atoms with Crippen molar-refractivity contribution in [3.63, 3.8) is 0 Å². The summed E-state index contributed by atoms with van der Waals surface area (Å²) in [4.78, 5) is 70.0. The Hall–Kier alpha value is -5.57. The number of aromatic nitrogens is 9. The minimum Gasteiger partial charge on any atom is -0.447 e. The summed E-state index contributed by atoms with van der Waals surface area (Å²) < 4.78 is 36.0. The smallest absolute Gasteiger partial charge is 0.411 e. The molecule has 8 heterocycles. The van der Waals surface area contributed by atoms with E-state index in [2.05, 4.69) is 30.6 Å². The second-order valence-corrected chi connectivity index (χ2v) is 22.8. The molecule has 0 radical (unpaired) electrons. The Bertz CT molecular complexity index is 2870. The average Bonchev–Trinajstić information content (AvgIpc) is 4.38. The van der Waals surface area contributed by atoms with Crippen LogP contribution in [0.4, 0.5) is 4.79 Å². The van der Waals surface area contributed by atoms with Crippen molar-refractivity contribution in [2.24, 2.45) is 23.7 Å². The molecule has 77 heavy (non-hydrogen) atoms. The summed E-state index contributed by atoms with van der Waals surface area (Å²) in [7, 11) is 3.41. The fraction of sp³-hybridized carbons (Fsp3) is 0.593. The minimum atomic E-state index is -1.41. The second kappa shape index (κ2) is 23.4. The maximum atomic E-state index is 15.2. The lowest BCUT2D eigenvalue weighted by Gasteiger charge is -2.54. The van der Waals surface area contributed by atoms with Gasteiger partial charge < -0.3 is 43.4 Å². The van der Waals surface area contributed by atoms with Crippen molar-refractivity contribution >= 4 is 46.2 Å². The molecule has 0 saturated carbocycles. The van der Waals surface area contributed by atoms with Crippen LogP contribution in [0.25, 0.3) is 16.9 Å². The predicted octanol–water partition coefficient (Wildman–Crippen LogP) is 4.64. The lowest BCUT2D eigenvalue weighted by Crippen LogP contribution is -2.71. The lowest BCUT2D eigenvalue weighted by molar-refractivity contribution is -0.296. The van der Waals surface area contributed by atoms with Crippen LogP contribution in [0.5, 0.6) is 0 Å².